The van der Waals surface area contributed by atoms with Crippen LogP contribution in [0.3, 0.4) is 0 Å². The lowest BCUT2D eigenvalue weighted by Crippen LogP contribution is -2.10. The zero-order valence-corrected chi connectivity index (χ0v) is 18.9. The van der Waals surface area contributed by atoms with Gasteiger partial charge in [0.1, 0.15) is 0 Å². The largest absolute Gasteiger partial charge is 0.419 e. The molecule has 0 saturated carbocycles. The molecule has 0 fully saturated rings. The van der Waals surface area contributed by atoms with E-state index in [-0.39, 0.29) is 23.5 Å². The van der Waals surface area contributed by atoms with Crippen LogP contribution < -0.4 is 5.73 Å². The summed E-state index contributed by atoms with van der Waals surface area (Å²) in [7, 11) is 0. The number of thioether (sulfide) groups is 1. The molecule has 2 aromatic heterocycles. The summed E-state index contributed by atoms with van der Waals surface area (Å²) in [5.41, 5.74) is 6.34. The summed E-state index contributed by atoms with van der Waals surface area (Å²) >= 11 is 7.85. The Morgan fingerprint density at radius 1 is 1.19 bits per heavy atom. The summed E-state index contributed by atoms with van der Waals surface area (Å²) < 4.78 is 48.2. The second-order valence-corrected chi connectivity index (χ2v) is 8.58. The lowest BCUT2D eigenvalue weighted by atomic mass is 10.1. The smallest absolute Gasteiger partial charge is 0.398 e. The number of aryl methyl sites for hydroxylation is 1. The number of aromatic nitrogens is 3. The second-order valence-electron chi connectivity index (χ2n) is 7.29. The number of nitrogen functional groups attached to an aromatic ring is 1. The highest BCUT2D eigenvalue weighted by Crippen LogP contribution is 2.40. The average molecular weight is 481 g/mol. The molecule has 0 aliphatic rings. The molecule has 168 valence electrons. The van der Waals surface area contributed by atoms with Gasteiger partial charge in [0.2, 0.25) is 0 Å². The Morgan fingerprint density at radius 3 is 2.66 bits per heavy atom. The summed E-state index contributed by atoms with van der Waals surface area (Å²) in [5, 5.41) is 4.58. The molecule has 0 aliphatic carbocycles. The van der Waals surface area contributed by atoms with Crippen LogP contribution in [0.5, 0.6) is 0 Å². The van der Waals surface area contributed by atoms with Gasteiger partial charge < -0.3 is 14.8 Å². The first-order valence-electron chi connectivity index (χ1n) is 9.87. The van der Waals surface area contributed by atoms with Gasteiger partial charge in [0.15, 0.2) is 5.82 Å². The zero-order chi connectivity index (χ0) is 23.0. The van der Waals surface area contributed by atoms with Crippen LogP contribution in [0.15, 0.2) is 45.8 Å². The number of nitrogens with zero attached hydrogens (tertiary/aromatic N) is 3. The molecule has 0 spiro atoms. The number of halogens is 4. The number of anilines is 1. The highest BCUT2D eigenvalue weighted by Gasteiger charge is 2.36. The van der Waals surface area contributed by atoms with Crippen molar-refractivity contribution in [1.82, 2.24) is 14.7 Å². The minimum atomic E-state index is -4.56. The van der Waals surface area contributed by atoms with Crippen molar-refractivity contribution in [3.05, 3.63) is 58.5 Å². The van der Waals surface area contributed by atoms with Crippen molar-refractivity contribution in [3.63, 3.8) is 0 Å². The first-order chi connectivity index (χ1) is 15.2. The summed E-state index contributed by atoms with van der Waals surface area (Å²) in [6, 6.07) is 9.94. The van der Waals surface area contributed by atoms with Crippen molar-refractivity contribution >= 4 is 40.0 Å². The minimum absolute atomic E-state index is 0.0698. The van der Waals surface area contributed by atoms with Gasteiger partial charge in [-0.25, -0.2) is 0 Å². The van der Waals surface area contributed by atoms with Crippen LogP contribution in [0.1, 0.15) is 30.4 Å². The first kappa shape index (κ1) is 22.5. The number of hydrogen-bond acceptors (Lipinski definition) is 5. The van der Waals surface area contributed by atoms with Gasteiger partial charge in [0, 0.05) is 27.2 Å². The zero-order valence-electron chi connectivity index (χ0n) is 17.3. The van der Waals surface area contributed by atoms with Crippen LogP contribution >= 0.6 is 23.4 Å². The number of fused-ring (bicyclic) bond motifs is 1. The average Bonchev–Trinajstić information content (AvgIpc) is 3.33. The maximum atomic E-state index is 13.7. The van der Waals surface area contributed by atoms with E-state index in [1.54, 1.807) is 34.5 Å². The highest BCUT2D eigenvalue weighted by molar-refractivity contribution is 7.98. The molecule has 4 aromatic rings. The number of nitrogens with two attached hydrogens (primary N) is 1. The first-order valence-corrected chi connectivity index (χ1v) is 11.5. The molecule has 0 radical (unpaired) electrons. The number of alkyl halides is 3. The maximum absolute atomic E-state index is 13.7. The third-order valence-electron chi connectivity index (χ3n) is 5.16. The fourth-order valence-corrected chi connectivity index (χ4v) is 4.37. The van der Waals surface area contributed by atoms with Crippen LogP contribution in [0.2, 0.25) is 5.02 Å². The van der Waals surface area contributed by atoms with E-state index in [4.69, 9.17) is 21.9 Å². The van der Waals surface area contributed by atoms with Crippen LogP contribution in [0, 0.1) is 0 Å². The van der Waals surface area contributed by atoms with Gasteiger partial charge in [-0.05, 0) is 49.1 Å². The molecule has 2 N–H and O–H groups in total. The molecule has 32 heavy (non-hydrogen) atoms. The fraction of sp³-hybridized carbons (Fsp3) is 0.273. The third-order valence-corrected chi connectivity index (χ3v) is 6.22. The van der Waals surface area contributed by atoms with Gasteiger partial charge in [-0.2, -0.15) is 18.2 Å². The van der Waals surface area contributed by atoms with Crippen molar-refractivity contribution in [1.29, 1.82) is 0 Å². The van der Waals surface area contributed by atoms with E-state index >= 15 is 0 Å². The molecule has 0 saturated heterocycles. The van der Waals surface area contributed by atoms with Crippen LogP contribution in [0.4, 0.5) is 18.9 Å². The molecule has 0 amide bonds. The molecule has 0 bridgehead atoms. The Morgan fingerprint density at radius 2 is 1.97 bits per heavy atom. The second kappa shape index (κ2) is 8.71. The molecular formula is C22H20ClF3N4OS. The van der Waals surface area contributed by atoms with E-state index in [1.165, 1.54) is 6.07 Å². The normalized spacial score (nSPS) is 12.1. The monoisotopic (exact) mass is 480 g/mol. The van der Waals surface area contributed by atoms with E-state index in [2.05, 4.69) is 10.1 Å². The lowest BCUT2D eigenvalue weighted by Gasteiger charge is -2.12. The van der Waals surface area contributed by atoms with Gasteiger partial charge in [0.05, 0.1) is 22.7 Å². The van der Waals surface area contributed by atoms with Crippen molar-refractivity contribution in [2.75, 3.05) is 12.0 Å². The summed E-state index contributed by atoms with van der Waals surface area (Å²) in [6.45, 7) is 2.12. The molecule has 2 aromatic carbocycles. The molecule has 0 aliphatic heterocycles. The Kier molecular flexibility index (Phi) is 6.13. The van der Waals surface area contributed by atoms with Crippen molar-refractivity contribution in [2.24, 2.45) is 0 Å². The fourth-order valence-electron chi connectivity index (χ4n) is 3.74. The van der Waals surface area contributed by atoms with Crippen molar-refractivity contribution in [2.45, 2.75) is 37.4 Å². The molecular weight excluding hydrogens is 461 g/mol. The van der Waals surface area contributed by atoms with Gasteiger partial charge >= 0.3 is 6.18 Å². The summed E-state index contributed by atoms with van der Waals surface area (Å²) in [6.07, 6.45) is -1.25. The Bertz CT molecular complexity index is 1280. The van der Waals surface area contributed by atoms with Crippen LogP contribution in [0.25, 0.3) is 22.4 Å². The van der Waals surface area contributed by atoms with Crippen molar-refractivity contribution < 1.29 is 17.7 Å². The standard InChI is InChI=1S/C22H20ClF3N4OS/c1-3-4-12-9-15-18(8-7-17(27)20(15)22(24,25)26)30(12)11-19-28-21(31-29-19)14-10-13(32-2)5-6-16(14)23/h5-10H,3-4,11,27H2,1-2H3. The predicted octanol–water partition coefficient (Wildman–Crippen LogP) is 6.67. The molecule has 0 unspecified atom stereocenters. The Balaban J connectivity index is 1.78. The SMILES string of the molecule is CCCc1cc2c(C(F)(F)F)c(N)ccc2n1Cc1noc(-c2cc(SC)ccc2Cl)n1. The Hall–Kier alpha value is -2.65. The predicted molar refractivity (Wildman–Crippen MR) is 121 cm³/mol. The molecule has 10 heteroatoms. The molecule has 0 atom stereocenters. The van der Waals surface area contributed by atoms with Gasteiger partial charge in [-0.15, -0.1) is 11.8 Å². The van der Waals surface area contributed by atoms with E-state index in [0.29, 0.717) is 28.3 Å². The van der Waals surface area contributed by atoms with E-state index in [0.717, 1.165) is 17.0 Å². The van der Waals surface area contributed by atoms with Crippen LogP contribution in [-0.2, 0) is 19.1 Å². The van der Waals surface area contributed by atoms with Crippen molar-refractivity contribution in [3.8, 4) is 11.5 Å². The molecule has 5 nitrogen and oxygen atoms in total. The van der Waals surface area contributed by atoms with E-state index in [1.807, 2.05) is 25.3 Å². The minimum Gasteiger partial charge on any atom is -0.398 e. The third kappa shape index (κ3) is 4.19. The summed E-state index contributed by atoms with van der Waals surface area (Å²) in [4.78, 5) is 5.44. The number of hydrogen-bond donors (Lipinski definition) is 1. The molecule has 4 rings (SSSR count). The van der Waals surface area contributed by atoms with Gasteiger partial charge in [0.25, 0.3) is 5.89 Å². The van der Waals surface area contributed by atoms with Gasteiger partial charge in [-0.1, -0.05) is 30.1 Å². The Labute approximate surface area is 191 Å². The summed E-state index contributed by atoms with van der Waals surface area (Å²) in [5.74, 6) is 0.598. The maximum Gasteiger partial charge on any atom is 0.419 e. The lowest BCUT2D eigenvalue weighted by molar-refractivity contribution is -0.135. The van der Waals surface area contributed by atoms with E-state index < -0.39 is 11.7 Å². The molecule has 2 heterocycles. The quantitative estimate of drug-likeness (QED) is 0.246. The van der Waals surface area contributed by atoms with Gasteiger partial charge in [-0.3, -0.25) is 0 Å². The topological polar surface area (TPSA) is 69.9 Å². The number of rotatable bonds is 6. The number of benzene rings is 2. The van der Waals surface area contributed by atoms with Crippen LogP contribution in [-0.4, -0.2) is 21.0 Å². The van der Waals surface area contributed by atoms with E-state index in [9.17, 15) is 13.2 Å². The highest BCUT2D eigenvalue weighted by atomic mass is 35.5.